The zero-order chi connectivity index (χ0) is 12.1. The van der Waals surface area contributed by atoms with E-state index in [0.717, 1.165) is 29.9 Å². The van der Waals surface area contributed by atoms with Gasteiger partial charge in [0.25, 0.3) is 0 Å². The Hall–Kier alpha value is -1.65. The Morgan fingerprint density at radius 3 is 2.88 bits per heavy atom. The van der Waals surface area contributed by atoms with E-state index in [0.29, 0.717) is 0 Å². The molecule has 0 aliphatic rings. The van der Waals surface area contributed by atoms with Crippen molar-refractivity contribution >= 4 is 0 Å². The second-order valence-electron chi connectivity index (χ2n) is 3.94. The highest BCUT2D eigenvalue weighted by Gasteiger charge is 2.14. The van der Waals surface area contributed by atoms with Crippen molar-refractivity contribution in [3.05, 3.63) is 53.7 Å². The molecule has 0 radical (unpaired) electrons. The lowest BCUT2D eigenvalue weighted by molar-refractivity contribution is 0.396. The Balaban J connectivity index is 2.11. The molecule has 90 valence electrons. The molecular weight excluding hydrogens is 214 g/mol. The first-order valence-corrected chi connectivity index (χ1v) is 5.77. The van der Waals surface area contributed by atoms with Crippen LogP contribution in [0, 0.1) is 0 Å². The largest absolute Gasteiger partial charge is 0.464 e. The number of hydrazine groups is 1. The zero-order valence-electron chi connectivity index (χ0n) is 9.89. The van der Waals surface area contributed by atoms with E-state index in [2.05, 4.69) is 17.3 Å². The van der Waals surface area contributed by atoms with Gasteiger partial charge in [0, 0.05) is 18.8 Å². The zero-order valence-corrected chi connectivity index (χ0v) is 9.89. The molecule has 1 unspecified atom stereocenters. The Labute approximate surface area is 101 Å². The van der Waals surface area contributed by atoms with E-state index in [-0.39, 0.29) is 6.04 Å². The van der Waals surface area contributed by atoms with Crippen molar-refractivity contribution in [2.45, 2.75) is 25.8 Å². The minimum Gasteiger partial charge on any atom is -0.464 e. The number of nitrogens with two attached hydrogens (primary N) is 1. The lowest BCUT2D eigenvalue weighted by atomic mass is 10.1. The molecule has 1 atom stereocenters. The van der Waals surface area contributed by atoms with Crippen molar-refractivity contribution < 1.29 is 4.42 Å². The van der Waals surface area contributed by atoms with E-state index in [4.69, 9.17) is 10.3 Å². The fourth-order valence-corrected chi connectivity index (χ4v) is 1.77. The number of hydrogen-bond acceptors (Lipinski definition) is 4. The Bertz CT molecular complexity index is 453. The maximum Gasteiger partial charge on any atom is 0.122 e. The summed E-state index contributed by atoms with van der Waals surface area (Å²) in [5, 5.41) is 0. The Morgan fingerprint density at radius 1 is 1.41 bits per heavy atom. The first-order valence-electron chi connectivity index (χ1n) is 5.77. The molecule has 0 fully saturated rings. The summed E-state index contributed by atoms with van der Waals surface area (Å²) in [5.74, 6) is 7.42. The molecule has 0 saturated heterocycles. The summed E-state index contributed by atoms with van der Waals surface area (Å²) in [7, 11) is 0. The molecule has 0 amide bonds. The lowest BCUT2D eigenvalue weighted by Crippen LogP contribution is -2.29. The van der Waals surface area contributed by atoms with E-state index < -0.39 is 0 Å². The maximum atomic E-state index is 5.70. The number of aryl methyl sites for hydroxylation is 1. The topological polar surface area (TPSA) is 64.1 Å². The van der Waals surface area contributed by atoms with Gasteiger partial charge in [-0.05, 0) is 30.2 Å². The van der Waals surface area contributed by atoms with Gasteiger partial charge in [-0.2, -0.15) is 0 Å². The van der Waals surface area contributed by atoms with Crippen molar-refractivity contribution in [3.63, 3.8) is 0 Å². The highest BCUT2D eigenvalue weighted by atomic mass is 16.3. The molecule has 3 N–H and O–H groups in total. The smallest absolute Gasteiger partial charge is 0.122 e. The highest BCUT2D eigenvalue weighted by molar-refractivity contribution is 5.16. The first kappa shape index (κ1) is 11.8. The van der Waals surface area contributed by atoms with Crippen LogP contribution >= 0.6 is 0 Å². The molecule has 0 aliphatic heterocycles. The number of pyridine rings is 1. The number of nitrogens with one attached hydrogen (secondary N) is 1. The Morgan fingerprint density at radius 2 is 2.29 bits per heavy atom. The van der Waals surface area contributed by atoms with Gasteiger partial charge in [0.15, 0.2) is 0 Å². The summed E-state index contributed by atoms with van der Waals surface area (Å²) in [6.07, 6.45) is 5.26. The molecule has 0 bridgehead atoms. The summed E-state index contributed by atoms with van der Waals surface area (Å²) in [6, 6.07) is 7.89. The average molecular weight is 231 g/mol. The molecule has 4 heteroatoms. The van der Waals surface area contributed by atoms with Gasteiger partial charge in [-0.3, -0.25) is 10.8 Å². The van der Waals surface area contributed by atoms with Crippen LogP contribution in [-0.4, -0.2) is 4.98 Å². The number of nitrogens with zero attached hydrogens (tertiary/aromatic N) is 1. The summed E-state index contributed by atoms with van der Waals surface area (Å²) in [5.41, 5.74) is 3.91. The molecule has 0 aliphatic carbocycles. The van der Waals surface area contributed by atoms with Crippen LogP contribution in [0.1, 0.15) is 30.0 Å². The third-order valence-corrected chi connectivity index (χ3v) is 2.74. The van der Waals surface area contributed by atoms with Crippen molar-refractivity contribution in [2.75, 3.05) is 0 Å². The van der Waals surface area contributed by atoms with Gasteiger partial charge in [-0.15, -0.1) is 0 Å². The number of aromatic nitrogens is 1. The van der Waals surface area contributed by atoms with E-state index in [9.17, 15) is 0 Å². The van der Waals surface area contributed by atoms with Crippen LogP contribution in [0.25, 0.3) is 0 Å². The van der Waals surface area contributed by atoms with Crippen LogP contribution < -0.4 is 11.3 Å². The number of hydrogen-bond donors (Lipinski definition) is 2. The summed E-state index contributed by atoms with van der Waals surface area (Å²) in [6.45, 7) is 2.06. The van der Waals surface area contributed by atoms with Crippen LogP contribution in [0.15, 0.2) is 41.1 Å². The number of furan rings is 1. The normalized spacial score (nSPS) is 12.6. The van der Waals surface area contributed by atoms with Crippen molar-refractivity contribution in [3.8, 4) is 0 Å². The van der Waals surface area contributed by atoms with Gasteiger partial charge in [-0.25, -0.2) is 5.43 Å². The van der Waals surface area contributed by atoms with Gasteiger partial charge >= 0.3 is 0 Å². The van der Waals surface area contributed by atoms with Crippen molar-refractivity contribution in [2.24, 2.45) is 5.84 Å². The van der Waals surface area contributed by atoms with Crippen LogP contribution in [0.3, 0.4) is 0 Å². The van der Waals surface area contributed by atoms with Crippen LogP contribution in [0.5, 0.6) is 0 Å². The van der Waals surface area contributed by atoms with Crippen LogP contribution in [0.2, 0.25) is 0 Å². The van der Waals surface area contributed by atoms with Crippen molar-refractivity contribution in [1.82, 2.24) is 10.4 Å². The Kier molecular flexibility index (Phi) is 3.90. The van der Waals surface area contributed by atoms with Gasteiger partial charge in [0.1, 0.15) is 11.5 Å². The van der Waals surface area contributed by atoms with Gasteiger partial charge < -0.3 is 4.42 Å². The third-order valence-electron chi connectivity index (χ3n) is 2.74. The molecular formula is C13H17N3O. The molecule has 4 nitrogen and oxygen atoms in total. The van der Waals surface area contributed by atoms with Gasteiger partial charge in [0.2, 0.25) is 0 Å². The second kappa shape index (κ2) is 5.61. The van der Waals surface area contributed by atoms with E-state index in [1.54, 1.807) is 6.20 Å². The summed E-state index contributed by atoms with van der Waals surface area (Å²) < 4.78 is 5.70. The molecule has 2 aromatic rings. The van der Waals surface area contributed by atoms with Gasteiger partial charge in [-0.1, -0.05) is 13.0 Å². The molecule has 2 heterocycles. The monoisotopic (exact) mass is 231 g/mol. The lowest BCUT2D eigenvalue weighted by Gasteiger charge is -2.13. The highest BCUT2D eigenvalue weighted by Crippen LogP contribution is 2.20. The second-order valence-corrected chi connectivity index (χ2v) is 3.94. The molecule has 0 spiro atoms. The minimum absolute atomic E-state index is 0.0144. The summed E-state index contributed by atoms with van der Waals surface area (Å²) in [4.78, 5) is 4.09. The standard InChI is InChI=1S/C13H17N3O/c1-2-11-5-6-13(17-11)12(16-14)8-10-4-3-7-15-9-10/h3-7,9,12,16H,2,8,14H2,1H3. The SMILES string of the molecule is CCc1ccc(C(Cc2cccnc2)NN)o1. The quantitative estimate of drug-likeness (QED) is 0.610. The van der Waals surface area contributed by atoms with Crippen molar-refractivity contribution in [1.29, 1.82) is 0 Å². The van der Waals surface area contributed by atoms with E-state index in [1.165, 1.54) is 0 Å². The number of rotatable bonds is 5. The summed E-state index contributed by atoms with van der Waals surface area (Å²) >= 11 is 0. The third kappa shape index (κ3) is 2.93. The van der Waals surface area contributed by atoms with Crippen LogP contribution in [0.4, 0.5) is 0 Å². The predicted molar refractivity (Wildman–Crippen MR) is 66.1 cm³/mol. The predicted octanol–water partition coefficient (Wildman–Crippen LogP) is 1.98. The molecule has 17 heavy (non-hydrogen) atoms. The fourth-order valence-electron chi connectivity index (χ4n) is 1.77. The molecule has 0 aromatic carbocycles. The van der Waals surface area contributed by atoms with E-state index >= 15 is 0 Å². The average Bonchev–Trinajstić information content (AvgIpc) is 2.86. The fraction of sp³-hybridized carbons (Fsp3) is 0.308. The first-order chi connectivity index (χ1) is 8.33. The molecule has 2 aromatic heterocycles. The minimum atomic E-state index is -0.0144. The van der Waals surface area contributed by atoms with Crippen LogP contribution in [-0.2, 0) is 12.8 Å². The molecule has 2 rings (SSSR count). The van der Waals surface area contributed by atoms with E-state index in [1.807, 2.05) is 30.5 Å². The van der Waals surface area contributed by atoms with Gasteiger partial charge in [0.05, 0.1) is 6.04 Å². The maximum absolute atomic E-state index is 5.70. The molecule has 0 saturated carbocycles.